The number of para-hydroxylation sites is 1. The minimum absolute atomic E-state index is 0.478. The third-order valence-electron chi connectivity index (χ3n) is 3.02. The van der Waals surface area contributed by atoms with Crippen LogP contribution in [0.4, 0.5) is 0 Å². The van der Waals surface area contributed by atoms with Crippen molar-refractivity contribution < 1.29 is 4.74 Å². The Morgan fingerprint density at radius 2 is 2.29 bits per heavy atom. The van der Waals surface area contributed by atoms with Crippen molar-refractivity contribution in [2.75, 3.05) is 24.7 Å². The molecule has 0 spiro atoms. The van der Waals surface area contributed by atoms with Gasteiger partial charge < -0.3 is 10.1 Å². The molecule has 1 aliphatic heterocycles. The van der Waals surface area contributed by atoms with E-state index in [1.807, 2.05) is 17.8 Å². The van der Waals surface area contributed by atoms with Crippen LogP contribution in [0.3, 0.4) is 0 Å². The van der Waals surface area contributed by atoms with Gasteiger partial charge in [-0.1, -0.05) is 25.1 Å². The summed E-state index contributed by atoms with van der Waals surface area (Å²) in [6.45, 7) is 4.15. The Hall–Kier alpha value is -0.670. The number of nitrogens with one attached hydrogen (secondary N) is 1. The molecule has 0 saturated heterocycles. The van der Waals surface area contributed by atoms with Gasteiger partial charge in [-0.05, 0) is 30.5 Å². The maximum Gasteiger partial charge on any atom is 0.124 e. The van der Waals surface area contributed by atoms with Crippen molar-refractivity contribution >= 4 is 11.8 Å². The van der Waals surface area contributed by atoms with Crippen molar-refractivity contribution in [3.05, 3.63) is 29.8 Å². The van der Waals surface area contributed by atoms with E-state index in [4.69, 9.17) is 4.74 Å². The molecule has 17 heavy (non-hydrogen) atoms. The van der Waals surface area contributed by atoms with E-state index in [1.165, 1.54) is 23.5 Å². The van der Waals surface area contributed by atoms with Gasteiger partial charge in [0.05, 0.1) is 6.61 Å². The van der Waals surface area contributed by atoms with E-state index in [9.17, 15) is 0 Å². The minimum atomic E-state index is 0.478. The molecule has 1 N–H and O–H groups in total. The summed E-state index contributed by atoms with van der Waals surface area (Å²) in [6, 6.07) is 8.85. The van der Waals surface area contributed by atoms with Gasteiger partial charge in [0.25, 0.3) is 0 Å². The van der Waals surface area contributed by atoms with E-state index in [-0.39, 0.29) is 0 Å². The SMILES string of the molecule is CCSCCCNC1CCOc2ccccc21. The maximum atomic E-state index is 5.65. The number of hydrogen-bond acceptors (Lipinski definition) is 3. The molecule has 3 heteroatoms. The summed E-state index contributed by atoms with van der Waals surface area (Å²) in [5, 5.41) is 3.64. The molecule has 0 aliphatic carbocycles. The zero-order valence-corrected chi connectivity index (χ0v) is 11.3. The highest BCUT2D eigenvalue weighted by Crippen LogP contribution is 2.31. The number of ether oxygens (including phenoxy) is 1. The van der Waals surface area contributed by atoms with E-state index in [0.717, 1.165) is 25.3 Å². The van der Waals surface area contributed by atoms with Crippen molar-refractivity contribution in [2.24, 2.45) is 0 Å². The van der Waals surface area contributed by atoms with Gasteiger partial charge in [-0.25, -0.2) is 0 Å². The van der Waals surface area contributed by atoms with Crippen molar-refractivity contribution in [3.63, 3.8) is 0 Å². The van der Waals surface area contributed by atoms with Crippen LogP contribution in [0.5, 0.6) is 5.75 Å². The van der Waals surface area contributed by atoms with Crippen LogP contribution >= 0.6 is 11.8 Å². The molecule has 1 atom stereocenters. The van der Waals surface area contributed by atoms with Gasteiger partial charge in [0.2, 0.25) is 0 Å². The van der Waals surface area contributed by atoms with Crippen LogP contribution in [0.25, 0.3) is 0 Å². The summed E-state index contributed by atoms with van der Waals surface area (Å²) in [6.07, 6.45) is 2.33. The second-order valence-corrected chi connectivity index (χ2v) is 5.63. The number of benzene rings is 1. The van der Waals surface area contributed by atoms with Crippen molar-refractivity contribution in [1.29, 1.82) is 0 Å². The lowest BCUT2D eigenvalue weighted by molar-refractivity contribution is 0.253. The van der Waals surface area contributed by atoms with Crippen LogP contribution in [0.2, 0.25) is 0 Å². The summed E-state index contributed by atoms with van der Waals surface area (Å²) in [4.78, 5) is 0. The Labute approximate surface area is 108 Å². The third-order valence-corrected chi connectivity index (χ3v) is 4.00. The first-order valence-corrected chi connectivity index (χ1v) is 7.60. The van der Waals surface area contributed by atoms with Crippen LogP contribution in [0.15, 0.2) is 24.3 Å². The number of hydrogen-bond donors (Lipinski definition) is 1. The summed E-state index contributed by atoms with van der Waals surface area (Å²) in [7, 11) is 0. The Balaban J connectivity index is 1.82. The topological polar surface area (TPSA) is 21.3 Å². The first kappa shape index (κ1) is 12.8. The van der Waals surface area contributed by atoms with Crippen molar-refractivity contribution in [1.82, 2.24) is 5.32 Å². The van der Waals surface area contributed by atoms with Gasteiger partial charge in [-0.15, -0.1) is 0 Å². The zero-order chi connectivity index (χ0) is 11.9. The fraction of sp³-hybridized carbons (Fsp3) is 0.571. The van der Waals surface area contributed by atoms with Crippen LogP contribution in [-0.4, -0.2) is 24.7 Å². The largest absolute Gasteiger partial charge is 0.493 e. The quantitative estimate of drug-likeness (QED) is 0.784. The third kappa shape index (κ3) is 3.65. The predicted molar refractivity (Wildman–Crippen MR) is 74.9 cm³/mol. The molecule has 1 unspecified atom stereocenters. The average Bonchev–Trinajstić information content (AvgIpc) is 2.39. The minimum Gasteiger partial charge on any atom is -0.493 e. The molecule has 1 heterocycles. The Bertz CT molecular complexity index is 343. The van der Waals surface area contributed by atoms with Crippen LogP contribution in [0, 0.1) is 0 Å². The smallest absolute Gasteiger partial charge is 0.124 e. The second-order valence-electron chi connectivity index (χ2n) is 4.23. The fourth-order valence-corrected chi connectivity index (χ4v) is 2.79. The molecule has 0 fully saturated rings. The Morgan fingerprint density at radius 3 is 3.18 bits per heavy atom. The Kier molecular flexibility index (Phi) is 5.20. The van der Waals surface area contributed by atoms with Gasteiger partial charge in [0.15, 0.2) is 0 Å². The lowest BCUT2D eigenvalue weighted by Gasteiger charge is -2.26. The standard InChI is InChI=1S/C14H21NOS/c1-2-17-11-5-9-15-13-8-10-16-14-7-4-3-6-12(13)14/h3-4,6-7,13,15H,2,5,8-11H2,1H3. The highest BCUT2D eigenvalue weighted by Gasteiger charge is 2.19. The molecule has 1 aliphatic rings. The maximum absolute atomic E-state index is 5.65. The van der Waals surface area contributed by atoms with Crippen LogP contribution in [0.1, 0.15) is 31.4 Å². The number of fused-ring (bicyclic) bond motifs is 1. The highest BCUT2D eigenvalue weighted by atomic mass is 32.2. The highest BCUT2D eigenvalue weighted by molar-refractivity contribution is 7.99. The molecule has 0 saturated carbocycles. The Morgan fingerprint density at radius 1 is 1.41 bits per heavy atom. The summed E-state index contributed by atoms with van der Waals surface area (Å²) >= 11 is 2.02. The molecule has 0 radical (unpaired) electrons. The molecule has 94 valence electrons. The molecule has 1 aromatic carbocycles. The van der Waals surface area contributed by atoms with Crippen molar-refractivity contribution in [3.8, 4) is 5.75 Å². The molecule has 0 bridgehead atoms. The van der Waals surface area contributed by atoms with E-state index in [1.54, 1.807) is 0 Å². The lowest BCUT2D eigenvalue weighted by Crippen LogP contribution is -2.28. The van der Waals surface area contributed by atoms with Crippen LogP contribution < -0.4 is 10.1 Å². The number of thioether (sulfide) groups is 1. The summed E-state index contributed by atoms with van der Waals surface area (Å²) in [5.41, 5.74) is 1.32. The zero-order valence-electron chi connectivity index (χ0n) is 10.4. The molecular weight excluding hydrogens is 230 g/mol. The van der Waals surface area contributed by atoms with Gasteiger partial charge in [-0.2, -0.15) is 11.8 Å². The van der Waals surface area contributed by atoms with E-state index in [2.05, 4.69) is 30.4 Å². The molecule has 2 nitrogen and oxygen atoms in total. The number of rotatable bonds is 6. The van der Waals surface area contributed by atoms with E-state index in [0.29, 0.717) is 6.04 Å². The van der Waals surface area contributed by atoms with E-state index >= 15 is 0 Å². The van der Waals surface area contributed by atoms with Crippen LogP contribution in [-0.2, 0) is 0 Å². The summed E-state index contributed by atoms with van der Waals surface area (Å²) < 4.78 is 5.65. The molecule has 1 aromatic rings. The van der Waals surface area contributed by atoms with Gasteiger partial charge >= 0.3 is 0 Å². The molecule has 0 amide bonds. The summed E-state index contributed by atoms with van der Waals surface area (Å²) in [5.74, 6) is 3.54. The monoisotopic (exact) mass is 251 g/mol. The second kappa shape index (κ2) is 6.92. The molecular formula is C14H21NOS. The average molecular weight is 251 g/mol. The van der Waals surface area contributed by atoms with Gasteiger partial charge in [-0.3, -0.25) is 0 Å². The van der Waals surface area contributed by atoms with E-state index < -0.39 is 0 Å². The first-order chi connectivity index (χ1) is 8.42. The van der Waals surface area contributed by atoms with Gasteiger partial charge in [0, 0.05) is 18.0 Å². The molecule has 0 aromatic heterocycles. The van der Waals surface area contributed by atoms with Crippen molar-refractivity contribution in [2.45, 2.75) is 25.8 Å². The normalized spacial score (nSPS) is 18.5. The molecule has 2 rings (SSSR count). The van der Waals surface area contributed by atoms with Gasteiger partial charge in [0.1, 0.15) is 5.75 Å². The first-order valence-electron chi connectivity index (χ1n) is 6.44. The fourth-order valence-electron chi connectivity index (χ4n) is 2.15. The lowest BCUT2D eigenvalue weighted by atomic mass is 10.0. The predicted octanol–water partition coefficient (Wildman–Crippen LogP) is 3.24.